The lowest BCUT2D eigenvalue weighted by atomic mass is 9.97. The lowest BCUT2D eigenvalue weighted by Gasteiger charge is -2.31. The topological polar surface area (TPSA) is 63.1 Å². The van der Waals surface area contributed by atoms with Crippen molar-refractivity contribution >= 4 is 12.0 Å². The first-order chi connectivity index (χ1) is 12.5. The van der Waals surface area contributed by atoms with E-state index in [4.69, 9.17) is 4.74 Å². The number of quaternary nitrogens is 1. The Morgan fingerprint density at radius 3 is 2.42 bits per heavy atom. The number of hydrogen-bond acceptors (Lipinski definition) is 3. The summed E-state index contributed by atoms with van der Waals surface area (Å²) in [5.41, 5.74) is 1.15. The number of hydrogen-bond donors (Lipinski definition) is 2. The molecule has 1 aromatic carbocycles. The van der Waals surface area contributed by atoms with E-state index in [2.05, 4.69) is 31.3 Å². The van der Waals surface area contributed by atoms with Crippen molar-refractivity contribution in [1.82, 2.24) is 10.2 Å². The molecule has 1 aliphatic heterocycles. The van der Waals surface area contributed by atoms with Crippen LogP contribution in [0.3, 0.4) is 0 Å². The molecule has 0 spiro atoms. The zero-order valence-corrected chi connectivity index (χ0v) is 16.2. The van der Waals surface area contributed by atoms with Gasteiger partial charge < -0.3 is 15.0 Å². The Balaban J connectivity index is 1.84. The van der Waals surface area contributed by atoms with E-state index in [1.807, 2.05) is 25.1 Å². The maximum atomic E-state index is 12.6. The Hall–Kier alpha value is -2.08. The number of piperazine rings is 1. The molecule has 0 saturated carbocycles. The average molecular weight is 362 g/mol. The molecule has 26 heavy (non-hydrogen) atoms. The number of carbonyl (C=O) groups is 2. The highest BCUT2D eigenvalue weighted by molar-refractivity contribution is 5.77. The molecule has 1 heterocycles. The largest absolute Gasteiger partial charge is 0.450 e. The molecule has 0 bridgehead atoms. The standard InChI is InChI=1S/C20H31N3O3/c1-4-26-20(25)23-12-10-22(11-13-23)15-19(24)21-18(14-16(2)3)17-8-6-5-7-9-17/h5-9,16,18H,4,10-15H2,1-3H3,(H,21,24)/p+1/t18-/m0/s1. The first kappa shape index (κ1) is 20.2. The van der Waals surface area contributed by atoms with E-state index in [0.29, 0.717) is 32.2 Å². The van der Waals surface area contributed by atoms with Gasteiger partial charge in [-0.2, -0.15) is 0 Å². The molecule has 0 aromatic heterocycles. The molecule has 0 unspecified atom stereocenters. The number of nitrogens with zero attached hydrogens (tertiary/aromatic N) is 1. The SMILES string of the molecule is CCOC(=O)N1CC[NH+](CC(=O)N[C@@H](CC(C)C)c2ccccc2)CC1. The van der Waals surface area contributed by atoms with E-state index in [-0.39, 0.29) is 18.0 Å². The minimum atomic E-state index is -0.253. The summed E-state index contributed by atoms with van der Waals surface area (Å²) in [6.45, 7) is 9.79. The number of amides is 2. The molecular formula is C20H32N3O3+. The second kappa shape index (κ2) is 10.2. The molecule has 1 saturated heterocycles. The zero-order valence-electron chi connectivity index (χ0n) is 16.2. The van der Waals surface area contributed by atoms with Crippen LogP contribution >= 0.6 is 0 Å². The highest BCUT2D eigenvalue weighted by Crippen LogP contribution is 2.20. The zero-order chi connectivity index (χ0) is 18.9. The van der Waals surface area contributed by atoms with Gasteiger partial charge in [-0.3, -0.25) is 9.69 Å². The van der Waals surface area contributed by atoms with Gasteiger partial charge in [0.1, 0.15) is 0 Å². The van der Waals surface area contributed by atoms with Gasteiger partial charge in [-0.1, -0.05) is 44.2 Å². The van der Waals surface area contributed by atoms with Crippen LogP contribution in [0.15, 0.2) is 30.3 Å². The minimum Gasteiger partial charge on any atom is -0.450 e. The smallest absolute Gasteiger partial charge is 0.410 e. The molecule has 1 fully saturated rings. The monoisotopic (exact) mass is 362 g/mol. The second-order valence-electron chi connectivity index (χ2n) is 7.27. The van der Waals surface area contributed by atoms with Gasteiger partial charge in [0, 0.05) is 0 Å². The van der Waals surface area contributed by atoms with Gasteiger partial charge in [-0.25, -0.2) is 4.79 Å². The summed E-state index contributed by atoms with van der Waals surface area (Å²) in [6, 6.07) is 10.2. The summed E-state index contributed by atoms with van der Waals surface area (Å²) in [6.07, 6.45) is 0.666. The van der Waals surface area contributed by atoms with Crippen LogP contribution in [0.5, 0.6) is 0 Å². The van der Waals surface area contributed by atoms with Crippen molar-refractivity contribution in [3.63, 3.8) is 0 Å². The van der Waals surface area contributed by atoms with Gasteiger partial charge in [0.15, 0.2) is 6.54 Å². The van der Waals surface area contributed by atoms with Gasteiger partial charge in [0.25, 0.3) is 5.91 Å². The third-order valence-corrected chi connectivity index (χ3v) is 4.65. The highest BCUT2D eigenvalue weighted by atomic mass is 16.6. The number of carbonyl (C=O) groups excluding carboxylic acids is 2. The van der Waals surface area contributed by atoms with E-state index in [1.165, 1.54) is 4.90 Å². The maximum absolute atomic E-state index is 12.6. The Kier molecular flexibility index (Phi) is 7.91. The predicted octanol–water partition coefficient (Wildman–Crippen LogP) is 1.25. The molecule has 2 N–H and O–H groups in total. The molecule has 1 aromatic rings. The lowest BCUT2D eigenvalue weighted by molar-refractivity contribution is -0.896. The second-order valence-corrected chi connectivity index (χ2v) is 7.27. The van der Waals surface area contributed by atoms with E-state index in [0.717, 1.165) is 25.1 Å². The van der Waals surface area contributed by atoms with Crippen molar-refractivity contribution in [3.05, 3.63) is 35.9 Å². The quantitative estimate of drug-likeness (QED) is 0.767. The van der Waals surface area contributed by atoms with Crippen LogP contribution in [0.1, 0.15) is 38.8 Å². The van der Waals surface area contributed by atoms with Crippen molar-refractivity contribution in [1.29, 1.82) is 0 Å². The van der Waals surface area contributed by atoms with Crippen LogP contribution in [0.25, 0.3) is 0 Å². The normalized spacial score (nSPS) is 16.4. The predicted molar refractivity (Wildman–Crippen MR) is 101 cm³/mol. The third-order valence-electron chi connectivity index (χ3n) is 4.65. The van der Waals surface area contributed by atoms with Crippen molar-refractivity contribution in [2.24, 2.45) is 5.92 Å². The van der Waals surface area contributed by atoms with Crippen molar-refractivity contribution in [3.8, 4) is 0 Å². The summed E-state index contributed by atoms with van der Waals surface area (Å²) in [7, 11) is 0. The maximum Gasteiger partial charge on any atom is 0.410 e. The Labute approximate surface area is 156 Å². The first-order valence-electron chi connectivity index (χ1n) is 9.59. The average Bonchev–Trinajstić information content (AvgIpc) is 2.62. The van der Waals surface area contributed by atoms with Gasteiger partial charge in [-0.15, -0.1) is 0 Å². The van der Waals surface area contributed by atoms with Crippen molar-refractivity contribution in [2.75, 3.05) is 39.3 Å². The number of benzene rings is 1. The molecule has 1 atom stereocenters. The summed E-state index contributed by atoms with van der Waals surface area (Å²) in [4.78, 5) is 27.2. The molecule has 144 valence electrons. The van der Waals surface area contributed by atoms with Gasteiger partial charge in [0.05, 0.1) is 38.8 Å². The highest BCUT2D eigenvalue weighted by Gasteiger charge is 2.26. The van der Waals surface area contributed by atoms with E-state index >= 15 is 0 Å². The Morgan fingerprint density at radius 1 is 1.19 bits per heavy atom. The van der Waals surface area contributed by atoms with Crippen LogP contribution in [0, 0.1) is 5.92 Å². The molecule has 1 aliphatic rings. The summed E-state index contributed by atoms with van der Waals surface area (Å²) in [5, 5.41) is 3.20. The summed E-state index contributed by atoms with van der Waals surface area (Å²) < 4.78 is 5.03. The van der Waals surface area contributed by atoms with Crippen molar-refractivity contribution in [2.45, 2.75) is 33.2 Å². The Bertz CT molecular complexity index is 569. The van der Waals surface area contributed by atoms with Crippen LogP contribution in [0.4, 0.5) is 4.79 Å². The molecule has 0 aliphatic carbocycles. The fourth-order valence-corrected chi connectivity index (χ4v) is 3.30. The molecule has 2 rings (SSSR count). The first-order valence-corrected chi connectivity index (χ1v) is 9.59. The number of ether oxygens (including phenoxy) is 1. The van der Waals surface area contributed by atoms with Gasteiger partial charge in [-0.05, 0) is 24.8 Å². The van der Waals surface area contributed by atoms with Crippen molar-refractivity contribution < 1.29 is 19.2 Å². The Morgan fingerprint density at radius 2 is 1.85 bits per heavy atom. The number of rotatable bonds is 7. The lowest BCUT2D eigenvalue weighted by Crippen LogP contribution is -3.15. The van der Waals surface area contributed by atoms with Crippen LogP contribution in [-0.4, -0.2) is 56.2 Å². The summed E-state index contributed by atoms with van der Waals surface area (Å²) in [5.74, 6) is 0.570. The molecule has 0 radical (unpaired) electrons. The fourth-order valence-electron chi connectivity index (χ4n) is 3.30. The summed E-state index contributed by atoms with van der Waals surface area (Å²) >= 11 is 0. The van der Waals surface area contributed by atoms with Crippen LogP contribution in [0.2, 0.25) is 0 Å². The third kappa shape index (κ3) is 6.33. The molecule has 2 amide bonds. The van der Waals surface area contributed by atoms with E-state index in [9.17, 15) is 9.59 Å². The fraction of sp³-hybridized carbons (Fsp3) is 0.600. The van der Waals surface area contributed by atoms with E-state index in [1.54, 1.807) is 4.90 Å². The minimum absolute atomic E-state index is 0.0453. The van der Waals surface area contributed by atoms with Crippen LogP contribution < -0.4 is 10.2 Å². The number of nitrogens with one attached hydrogen (secondary N) is 2. The molecule has 6 heteroatoms. The van der Waals surface area contributed by atoms with E-state index < -0.39 is 0 Å². The molecule has 6 nitrogen and oxygen atoms in total. The molecular weight excluding hydrogens is 330 g/mol. The van der Waals surface area contributed by atoms with Crippen LogP contribution in [-0.2, 0) is 9.53 Å². The van der Waals surface area contributed by atoms with Gasteiger partial charge >= 0.3 is 6.09 Å². The van der Waals surface area contributed by atoms with Gasteiger partial charge in [0.2, 0.25) is 0 Å².